The first-order valence-electron chi connectivity index (χ1n) is 12.0. The summed E-state index contributed by atoms with van der Waals surface area (Å²) in [6.07, 6.45) is 0.362. The molecular weight excluding hydrogens is 524 g/mol. The standard InChI is InChI=1S/C27H28N4O5S2/c1-2-36-22-10-6-7-20(17-22)29-25(32)18-24-26(33)31(21-8-4-3-5-9-21)27(37)30(24)16-15-19-11-13-23(14-12-19)38(28,34)35/h3-14,17,24H,2,15-16,18H2,1H3,(H,29,32)(H2,28,34,35). The van der Waals surface area contributed by atoms with Gasteiger partial charge in [0.25, 0.3) is 5.91 Å². The monoisotopic (exact) mass is 552 g/mol. The van der Waals surface area contributed by atoms with E-state index in [1.54, 1.807) is 53.4 Å². The van der Waals surface area contributed by atoms with E-state index in [1.165, 1.54) is 17.0 Å². The number of rotatable bonds is 10. The van der Waals surface area contributed by atoms with E-state index in [4.69, 9.17) is 22.1 Å². The van der Waals surface area contributed by atoms with Crippen molar-refractivity contribution in [3.8, 4) is 5.75 Å². The van der Waals surface area contributed by atoms with Crippen molar-refractivity contribution >= 4 is 50.5 Å². The molecule has 0 bridgehead atoms. The number of anilines is 2. The highest BCUT2D eigenvalue weighted by Gasteiger charge is 2.43. The Morgan fingerprint density at radius 3 is 2.42 bits per heavy atom. The van der Waals surface area contributed by atoms with E-state index in [-0.39, 0.29) is 23.1 Å². The number of primary sulfonamides is 1. The van der Waals surface area contributed by atoms with Gasteiger partial charge in [0.1, 0.15) is 11.8 Å². The van der Waals surface area contributed by atoms with Gasteiger partial charge in [-0.25, -0.2) is 13.6 Å². The number of amides is 2. The molecule has 0 spiro atoms. The van der Waals surface area contributed by atoms with Gasteiger partial charge in [-0.3, -0.25) is 14.5 Å². The number of hydrogen-bond acceptors (Lipinski definition) is 6. The van der Waals surface area contributed by atoms with Gasteiger partial charge in [0.15, 0.2) is 5.11 Å². The van der Waals surface area contributed by atoms with Crippen molar-refractivity contribution in [1.29, 1.82) is 0 Å². The molecule has 1 atom stereocenters. The third kappa shape index (κ3) is 6.36. The fraction of sp³-hybridized carbons (Fsp3) is 0.222. The summed E-state index contributed by atoms with van der Waals surface area (Å²) in [5.41, 5.74) is 2.02. The fourth-order valence-electron chi connectivity index (χ4n) is 4.22. The largest absolute Gasteiger partial charge is 0.494 e. The molecule has 4 rings (SSSR count). The van der Waals surface area contributed by atoms with Crippen molar-refractivity contribution in [3.63, 3.8) is 0 Å². The first-order valence-corrected chi connectivity index (χ1v) is 14.0. The molecule has 0 aliphatic carbocycles. The molecule has 3 aromatic carbocycles. The van der Waals surface area contributed by atoms with Crippen LogP contribution in [0.1, 0.15) is 18.9 Å². The molecule has 1 heterocycles. The number of benzene rings is 3. The van der Waals surface area contributed by atoms with Crippen molar-refractivity contribution in [1.82, 2.24) is 4.90 Å². The zero-order valence-corrected chi connectivity index (χ0v) is 22.4. The number of hydrogen-bond donors (Lipinski definition) is 2. The molecule has 198 valence electrons. The third-order valence-electron chi connectivity index (χ3n) is 6.03. The average molecular weight is 553 g/mol. The SMILES string of the molecule is CCOc1cccc(NC(=O)CC2C(=O)N(c3ccccc3)C(=S)N2CCc2ccc(S(N)(=O)=O)cc2)c1. The van der Waals surface area contributed by atoms with Crippen LogP contribution in [0.4, 0.5) is 11.4 Å². The molecule has 2 amide bonds. The number of thiocarbonyl (C=S) groups is 1. The summed E-state index contributed by atoms with van der Waals surface area (Å²) in [5, 5.41) is 8.33. The lowest BCUT2D eigenvalue weighted by Gasteiger charge is -2.24. The smallest absolute Gasteiger partial charge is 0.256 e. The van der Waals surface area contributed by atoms with Gasteiger partial charge in [-0.05, 0) is 67.5 Å². The van der Waals surface area contributed by atoms with Crippen LogP contribution in [0.5, 0.6) is 5.75 Å². The Balaban J connectivity index is 1.53. The molecule has 3 N–H and O–H groups in total. The number of ether oxygens (including phenoxy) is 1. The van der Waals surface area contributed by atoms with E-state index < -0.39 is 16.1 Å². The molecule has 1 aliphatic heterocycles. The second kappa shape index (κ2) is 11.7. The maximum atomic E-state index is 13.5. The number of nitrogens with two attached hydrogens (primary N) is 1. The minimum Gasteiger partial charge on any atom is -0.494 e. The van der Waals surface area contributed by atoms with E-state index in [0.717, 1.165) is 5.56 Å². The Morgan fingerprint density at radius 1 is 1.05 bits per heavy atom. The summed E-state index contributed by atoms with van der Waals surface area (Å²) < 4.78 is 28.6. The van der Waals surface area contributed by atoms with E-state index in [0.29, 0.717) is 41.8 Å². The maximum absolute atomic E-state index is 13.5. The Bertz CT molecular complexity index is 1430. The summed E-state index contributed by atoms with van der Waals surface area (Å²) in [5.74, 6) is 0.00922. The van der Waals surface area contributed by atoms with E-state index in [2.05, 4.69) is 5.32 Å². The Hall–Kier alpha value is -3.80. The zero-order valence-electron chi connectivity index (χ0n) is 20.7. The molecule has 0 radical (unpaired) electrons. The number of sulfonamides is 1. The topological polar surface area (TPSA) is 122 Å². The van der Waals surface area contributed by atoms with Crippen LogP contribution >= 0.6 is 12.2 Å². The summed E-state index contributed by atoms with van der Waals surface area (Å²) in [6, 6.07) is 21.5. The number of carbonyl (C=O) groups excluding carboxylic acids is 2. The van der Waals surface area contributed by atoms with Gasteiger partial charge < -0.3 is 15.0 Å². The molecular formula is C27H28N4O5S2. The van der Waals surface area contributed by atoms with Gasteiger partial charge in [0, 0.05) is 18.3 Å². The Labute approximate surface area is 227 Å². The van der Waals surface area contributed by atoms with Crippen LogP contribution in [0, 0.1) is 0 Å². The molecule has 11 heteroatoms. The Kier molecular flexibility index (Phi) is 8.40. The lowest BCUT2D eigenvalue weighted by molar-refractivity contribution is -0.124. The van der Waals surface area contributed by atoms with Crippen LogP contribution in [0.15, 0.2) is 83.8 Å². The molecule has 1 aliphatic rings. The van der Waals surface area contributed by atoms with Gasteiger partial charge in [0.2, 0.25) is 15.9 Å². The minimum atomic E-state index is -3.79. The third-order valence-corrected chi connectivity index (χ3v) is 7.38. The lowest BCUT2D eigenvalue weighted by atomic mass is 10.1. The molecule has 0 aromatic heterocycles. The lowest BCUT2D eigenvalue weighted by Crippen LogP contribution is -2.39. The first-order chi connectivity index (χ1) is 18.2. The van der Waals surface area contributed by atoms with E-state index in [9.17, 15) is 18.0 Å². The minimum absolute atomic E-state index is 0.0197. The number of nitrogens with one attached hydrogen (secondary N) is 1. The van der Waals surface area contributed by atoms with Crippen molar-refractivity contribution < 1.29 is 22.7 Å². The van der Waals surface area contributed by atoms with Crippen molar-refractivity contribution in [2.75, 3.05) is 23.4 Å². The van der Waals surface area contributed by atoms with Crippen LogP contribution < -0.4 is 20.1 Å². The van der Waals surface area contributed by atoms with Gasteiger partial charge in [-0.2, -0.15) is 0 Å². The number of nitrogens with zero attached hydrogens (tertiary/aromatic N) is 2. The number of carbonyl (C=O) groups is 2. The van der Waals surface area contributed by atoms with Gasteiger partial charge in [-0.15, -0.1) is 0 Å². The normalized spacial score (nSPS) is 15.6. The molecule has 1 unspecified atom stereocenters. The summed E-state index contributed by atoms with van der Waals surface area (Å²) in [6.45, 7) is 2.72. The predicted molar refractivity (Wildman–Crippen MR) is 149 cm³/mol. The fourth-order valence-corrected chi connectivity index (χ4v) is 5.14. The molecule has 9 nitrogen and oxygen atoms in total. The summed E-state index contributed by atoms with van der Waals surface area (Å²) >= 11 is 5.70. The second-order valence-electron chi connectivity index (χ2n) is 8.65. The van der Waals surface area contributed by atoms with Crippen LogP contribution in [0.25, 0.3) is 0 Å². The Morgan fingerprint density at radius 2 is 1.76 bits per heavy atom. The first kappa shape index (κ1) is 27.2. The van der Waals surface area contributed by atoms with Crippen LogP contribution in [0.2, 0.25) is 0 Å². The quantitative estimate of drug-likeness (QED) is 0.370. The highest BCUT2D eigenvalue weighted by atomic mass is 32.2. The predicted octanol–water partition coefficient (Wildman–Crippen LogP) is 3.31. The van der Waals surface area contributed by atoms with Crippen LogP contribution in [-0.2, 0) is 26.0 Å². The van der Waals surface area contributed by atoms with Gasteiger partial charge >= 0.3 is 0 Å². The van der Waals surface area contributed by atoms with E-state index in [1.807, 2.05) is 25.1 Å². The highest BCUT2D eigenvalue weighted by molar-refractivity contribution is 7.89. The van der Waals surface area contributed by atoms with Crippen molar-refractivity contribution in [2.45, 2.75) is 30.7 Å². The van der Waals surface area contributed by atoms with Crippen molar-refractivity contribution in [2.24, 2.45) is 5.14 Å². The second-order valence-corrected chi connectivity index (χ2v) is 10.6. The number of para-hydroxylation sites is 1. The molecule has 38 heavy (non-hydrogen) atoms. The summed E-state index contributed by atoms with van der Waals surface area (Å²) in [4.78, 5) is 29.8. The zero-order chi connectivity index (χ0) is 27.3. The van der Waals surface area contributed by atoms with Crippen LogP contribution in [0.3, 0.4) is 0 Å². The molecule has 1 fully saturated rings. The van der Waals surface area contributed by atoms with Crippen molar-refractivity contribution in [3.05, 3.63) is 84.4 Å². The van der Waals surface area contributed by atoms with Crippen LogP contribution in [-0.4, -0.2) is 49.4 Å². The molecule has 3 aromatic rings. The highest BCUT2D eigenvalue weighted by Crippen LogP contribution is 2.28. The van der Waals surface area contributed by atoms with E-state index >= 15 is 0 Å². The van der Waals surface area contributed by atoms with Gasteiger partial charge in [-0.1, -0.05) is 36.4 Å². The molecule has 0 saturated carbocycles. The summed E-state index contributed by atoms with van der Waals surface area (Å²) in [7, 11) is -3.79. The molecule has 1 saturated heterocycles. The van der Waals surface area contributed by atoms with Gasteiger partial charge in [0.05, 0.1) is 23.6 Å². The maximum Gasteiger partial charge on any atom is 0.256 e. The average Bonchev–Trinajstić information content (AvgIpc) is 3.11.